The fraction of sp³-hybridized carbons (Fsp3) is 0.133. The molecule has 0 radical (unpaired) electrons. The Morgan fingerprint density at radius 3 is 2.38 bits per heavy atom. The average molecular weight is 283 g/mol. The molecule has 0 aliphatic rings. The highest BCUT2D eigenvalue weighted by atomic mass is 16.5. The lowest BCUT2D eigenvalue weighted by atomic mass is 10.2. The van der Waals surface area contributed by atoms with E-state index in [2.05, 4.69) is 15.1 Å². The van der Waals surface area contributed by atoms with Crippen molar-refractivity contribution in [3.63, 3.8) is 0 Å². The minimum atomic E-state index is 0.394. The molecule has 0 atom stereocenters. The van der Waals surface area contributed by atoms with Gasteiger partial charge in [-0.25, -0.2) is 0 Å². The fourth-order valence-corrected chi connectivity index (χ4v) is 1.88. The number of nitrogens with zero attached hydrogens (tertiary/aromatic N) is 3. The van der Waals surface area contributed by atoms with E-state index in [9.17, 15) is 0 Å². The maximum absolute atomic E-state index is 5.30. The van der Waals surface area contributed by atoms with Crippen molar-refractivity contribution < 1.29 is 14.0 Å². The highest BCUT2D eigenvalue weighted by Crippen LogP contribution is 2.29. The lowest BCUT2D eigenvalue weighted by molar-refractivity contribution is 0.393. The molecule has 0 unspecified atom stereocenters. The van der Waals surface area contributed by atoms with Crippen molar-refractivity contribution in [2.75, 3.05) is 14.2 Å². The third-order valence-corrected chi connectivity index (χ3v) is 2.94. The van der Waals surface area contributed by atoms with Gasteiger partial charge in [0.25, 0.3) is 5.89 Å². The van der Waals surface area contributed by atoms with Crippen LogP contribution >= 0.6 is 0 Å². The monoisotopic (exact) mass is 283 g/mol. The lowest BCUT2D eigenvalue weighted by Gasteiger charge is -2.05. The standard InChI is InChI=1S/C15H13N3O3/c1-19-12-6-11(7-13(8-12)20-2)15-17-14(18-21-15)10-4-3-5-16-9-10/h3-9H,1-2H3. The molecule has 0 spiro atoms. The maximum Gasteiger partial charge on any atom is 0.258 e. The highest BCUT2D eigenvalue weighted by molar-refractivity contribution is 5.62. The Hall–Kier alpha value is -2.89. The molecule has 0 bridgehead atoms. The fourth-order valence-electron chi connectivity index (χ4n) is 1.88. The van der Waals surface area contributed by atoms with E-state index in [0.29, 0.717) is 23.2 Å². The van der Waals surface area contributed by atoms with Crippen molar-refractivity contribution in [3.05, 3.63) is 42.7 Å². The Labute approximate surface area is 121 Å². The molecule has 3 aromatic rings. The first-order chi connectivity index (χ1) is 10.3. The number of methoxy groups -OCH3 is 2. The van der Waals surface area contributed by atoms with E-state index in [4.69, 9.17) is 14.0 Å². The topological polar surface area (TPSA) is 70.3 Å². The van der Waals surface area contributed by atoms with Gasteiger partial charge in [-0.3, -0.25) is 4.98 Å². The largest absolute Gasteiger partial charge is 0.497 e. The van der Waals surface area contributed by atoms with Gasteiger partial charge in [-0.2, -0.15) is 4.98 Å². The van der Waals surface area contributed by atoms with Gasteiger partial charge in [0.1, 0.15) is 11.5 Å². The van der Waals surface area contributed by atoms with Gasteiger partial charge < -0.3 is 14.0 Å². The first-order valence-corrected chi connectivity index (χ1v) is 6.27. The van der Waals surface area contributed by atoms with Gasteiger partial charge in [0.05, 0.1) is 14.2 Å². The van der Waals surface area contributed by atoms with Crippen LogP contribution in [-0.4, -0.2) is 29.3 Å². The second kappa shape index (κ2) is 5.62. The van der Waals surface area contributed by atoms with Crippen LogP contribution in [0.15, 0.2) is 47.2 Å². The summed E-state index contributed by atoms with van der Waals surface area (Å²) >= 11 is 0. The second-order valence-electron chi connectivity index (χ2n) is 4.27. The molecule has 0 saturated carbocycles. The Bertz CT molecular complexity index is 719. The van der Waals surface area contributed by atoms with Crippen LogP contribution in [-0.2, 0) is 0 Å². The molecule has 3 rings (SSSR count). The van der Waals surface area contributed by atoms with E-state index >= 15 is 0 Å². The SMILES string of the molecule is COc1cc(OC)cc(-c2nc(-c3cccnc3)no2)c1. The van der Waals surface area contributed by atoms with Gasteiger partial charge in [0.2, 0.25) is 5.82 Å². The third-order valence-electron chi connectivity index (χ3n) is 2.94. The number of aromatic nitrogens is 3. The van der Waals surface area contributed by atoms with Crippen molar-refractivity contribution in [1.82, 2.24) is 15.1 Å². The van der Waals surface area contributed by atoms with Gasteiger partial charge >= 0.3 is 0 Å². The Morgan fingerprint density at radius 1 is 1.00 bits per heavy atom. The number of benzene rings is 1. The minimum Gasteiger partial charge on any atom is -0.497 e. The zero-order chi connectivity index (χ0) is 14.7. The van der Waals surface area contributed by atoms with E-state index in [1.807, 2.05) is 24.3 Å². The molecule has 21 heavy (non-hydrogen) atoms. The Morgan fingerprint density at radius 2 is 1.76 bits per heavy atom. The van der Waals surface area contributed by atoms with Crippen molar-refractivity contribution in [2.24, 2.45) is 0 Å². The minimum absolute atomic E-state index is 0.394. The Kier molecular flexibility index (Phi) is 3.51. The van der Waals surface area contributed by atoms with Gasteiger partial charge in [-0.15, -0.1) is 0 Å². The maximum atomic E-state index is 5.30. The lowest BCUT2D eigenvalue weighted by Crippen LogP contribution is -1.89. The molecule has 0 N–H and O–H groups in total. The summed E-state index contributed by atoms with van der Waals surface area (Å²) in [6.07, 6.45) is 3.37. The predicted octanol–water partition coefficient (Wildman–Crippen LogP) is 2.82. The summed E-state index contributed by atoms with van der Waals surface area (Å²) in [5, 5.41) is 3.97. The smallest absolute Gasteiger partial charge is 0.258 e. The van der Waals surface area contributed by atoms with E-state index < -0.39 is 0 Å². The Balaban J connectivity index is 2.00. The van der Waals surface area contributed by atoms with Crippen LogP contribution in [0.2, 0.25) is 0 Å². The summed E-state index contributed by atoms with van der Waals surface area (Å²) in [4.78, 5) is 8.41. The third kappa shape index (κ3) is 2.69. The van der Waals surface area contributed by atoms with Gasteiger partial charge in [-0.1, -0.05) is 5.16 Å². The summed E-state index contributed by atoms with van der Waals surface area (Å²) in [5.41, 5.74) is 1.52. The van der Waals surface area contributed by atoms with E-state index in [1.165, 1.54) is 0 Å². The molecule has 0 fully saturated rings. The quantitative estimate of drug-likeness (QED) is 0.733. The summed E-state index contributed by atoms with van der Waals surface area (Å²) < 4.78 is 15.8. The molecule has 2 aromatic heterocycles. The zero-order valence-corrected chi connectivity index (χ0v) is 11.6. The van der Waals surface area contributed by atoms with Gasteiger partial charge in [0.15, 0.2) is 0 Å². The van der Waals surface area contributed by atoms with Crippen LogP contribution in [0.4, 0.5) is 0 Å². The second-order valence-corrected chi connectivity index (χ2v) is 4.27. The first-order valence-electron chi connectivity index (χ1n) is 6.27. The van der Waals surface area contributed by atoms with Crippen molar-refractivity contribution in [2.45, 2.75) is 0 Å². The highest BCUT2D eigenvalue weighted by Gasteiger charge is 2.13. The molecular weight excluding hydrogens is 270 g/mol. The van der Waals surface area contributed by atoms with Crippen molar-refractivity contribution in [3.8, 4) is 34.3 Å². The normalized spacial score (nSPS) is 10.4. The van der Waals surface area contributed by atoms with E-state index in [0.717, 1.165) is 11.1 Å². The van der Waals surface area contributed by atoms with Crippen LogP contribution in [0.1, 0.15) is 0 Å². The number of pyridine rings is 1. The van der Waals surface area contributed by atoms with Crippen LogP contribution in [0.5, 0.6) is 11.5 Å². The molecule has 0 aliphatic heterocycles. The predicted molar refractivity (Wildman–Crippen MR) is 76.1 cm³/mol. The number of ether oxygens (including phenoxy) is 2. The molecule has 0 amide bonds. The molecule has 0 saturated heterocycles. The van der Waals surface area contributed by atoms with E-state index in [1.54, 1.807) is 32.7 Å². The van der Waals surface area contributed by atoms with Crippen molar-refractivity contribution >= 4 is 0 Å². The van der Waals surface area contributed by atoms with Crippen LogP contribution in [0.25, 0.3) is 22.8 Å². The van der Waals surface area contributed by atoms with Crippen molar-refractivity contribution in [1.29, 1.82) is 0 Å². The molecule has 2 heterocycles. The molecule has 106 valence electrons. The number of rotatable bonds is 4. The van der Waals surface area contributed by atoms with Gasteiger partial charge in [-0.05, 0) is 24.3 Å². The molecule has 6 heteroatoms. The average Bonchev–Trinajstić information content (AvgIpc) is 3.05. The summed E-state index contributed by atoms with van der Waals surface area (Å²) in [5.74, 6) is 2.20. The summed E-state index contributed by atoms with van der Waals surface area (Å²) in [7, 11) is 3.18. The molecule has 0 aliphatic carbocycles. The molecular formula is C15H13N3O3. The number of hydrogen-bond donors (Lipinski definition) is 0. The first kappa shape index (κ1) is 13.1. The van der Waals surface area contributed by atoms with Crippen LogP contribution in [0, 0.1) is 0 Å². The zero-order valence-electron chi connectivity index (χ0n) is 11.6. The van der Waals surface area contributed by atoms with Gasteiger partial charge in [0, 0.05) is 29.6 Å². The molecule has 6 nitrogen and oxygen atoms in total. The van der Waals surface area contributed by atoms with Crippen LogP contribution in [0.3, 0.4) is 0 Å². The summed E-state index contributed by atoms with van der Waals surface area (Å²) in [6, 6.07) is 9.09. The van der Waals surface area contributed by atoms with Crippen LogP contribution < -0.4 is 9.47 Å². The summed E-state index contributed by atoms with van der Waals surface area (Å²) in [6.45, 7) is 0. The molecule has 1 aromatic carbocycles. The number of hydrogen-bond acceptors (Lipinski definition) is 6. The van der Waals surface area contributed by atoms with E-state index in [-0.39, 0.29) is 0 Å².